The minimum atomic E-state index is 0.121. The van der Waals surface area contributed by atoms with Crippen LogP contribution in [0.25, 0.3) is 0 Å². The van der Waals surface area contributed by atoms with Crippen molar-refractivity contribution in [3.05, 3.63) is 12.7 Å². The van der Waals surface area contributed by atoms with Crippen molar-refractivity contribution in [3.63, 3.8) is 0 Å². The van der Waals surface area contributed by atoms with Crippen LogP contribution in [0.15, 0.2) is 12.7 Å². The van der Waals surface area contributed by atoms with Gasteiger partial charge >= 0.3 is 0 Å². The first-order chi connectivity index (χ1) is 6.91. The van der Waals surface area contributed by atoms with Gasteiger partial charge in [0.25, 0.3) is 6.26 Å². The average molecular weight is 207 g/mol. The third kappa shape index (κ3) is 3.27. The van der Waals surface area contributed by atoms with Crippen LogP contribution in [0.5, 0.6) is 0 Å². The Morgan fingerprint density at radius 1 is 1.47 bits per heavy atom. The van der Waals surface area contributed by atoms with E-state index < -0.39 is 0 Å². The van der Waals surface area contributed by atoms with Crippen LogP contribution < -0.4 is 0 Å². The van der Waals surface area contributed by atoms with E-state index >= 15 is 0 Å². The van der Waals surface area contributed by atoms with Crippen LogP contribution in [-0.2, 0) is 4.74 Å². The zero-order valence-electron chi connectivity index (χ0n) is 10.0. The first-order valence-corrected chi connectivity index (χ1v) is 5.54. The van der Waals surface area contributed by atoms with Crippen molar-refractivity contribution in [1.82, 2.24) is 0 Å². The van der Waals surface area contributed by atoms with Crippen LogP contribution >= 0.6 is 0 Å². The van der Waals surface area contributed by atoms with E-state index in [1.807, 2.05) is 6.08 Å². The second-order valence-electron chi connectivity index (χ2n) is 5.94. The van der Waals surface area contributed by atoms with Gasteiger partial charge in [0.05, 0.1) is 0 Å². The smallest absolute Gasteiger partial charge is 0.286 e. The first kappa shape index (κ1) is 12.1. The van der Waals surface area contributed by atoms with Gasteiger partial charge in [-0.1, -0.05) is 26.8 Å². The molecule has 1 aliphatic rings. The van der Waals surface area contributed by atoms with Crippen molar-refractivity contribution in [2.45, 2.75) is 40.0 Å². The lowest BCUT2D eigenvalue weighted by molar-refractivity contribution is 0.0197. The van der Waals surface area contributed by atoms with Crippen LogP contribution in [0.2, 0.25) is 0 Å². The third-order valence-electron chi connectivity index (χ3n) is 3.29. The minimum Gasteiger partial charge on any atom is -0.427 e. The van der Waals surface area contributed by atoms with Crippen molar-refractivity contribution in [2.75, 3.05) is 6.61 Å². The lowest BCUT2D eigenvalue weighted by Gasteiger charge is -2.45. The second kappa shape index (κ2) is 4.26. The maximum Gasteiger partial charge on any atom is 0.286 e. The van der Waals surface area contributed by atoms with Crippen LogP contribution in [0, 0.1) is 28.3 Å². The van der Waals surface area contributed by atoms with Crippen molar-refractivity contribution in [3.8, 4) is 6.26 Å². The number of allylic oxidation sites excluding steroid dienone is 1. The molecule has 15 heavy (non-hydrogen) atoms. The SMILES string of the molecule is C=CC1CC(C)(C)CC(C)(COC#N)C1. The summed E-state index contributed by atoms with van der Waals surface area (Å²) < 4.78 is 4.93. The molecule has 0 amide bonds. The van der Waals surface area contributed by atoms with Crippen LogP contribution in [-0.4, -0.2) is 6.61 Å². The molecule has 0 bridgehead atoms. The van der Waals surface area contributed by atoms with Gasteiger partial charge in [0.15, 0.2) is 0 Å². The fourth-order valence-electron chi connectivity index (χ4n) is 3.20. The lowest BCUT2D eigenvalue weighted by atomic mass is 9.61. The third-order valence-corrected chi connectivity index (χ3v) is 3.29. The summed E-state index contributed by atoms with van der Waals surface area (Å²) in [7, 11) is 0. The Kier molecular flexibility index (Phi) is 3.44. The first-order valence-electron chi connectivity index (χ1n) is 5.54. The Bertz CT molecular complexity index is 277. The summed E-state index contributed by atoms with van der Waals surface area (Å²) in [4.78, 5) is 0. The molecule has 84 valence electrons. The molecule has 0 N–H and O–H groups in total. The second-order valence-corrected chi connectivity index (χ2v) is 5.94. The Balaban J connectivity index is 2.72. The molecule has 2 heteroatoms. The molecule has 0 aliphatic heterocycles. The molecule has 0 aromatic carbocycles. The summed E-state index contributed by atoms with van der Waals surface area (Å²) in [6.45, 7) is 11.2. The number of nitriles is 1. The molecule has 2 atom stereocenters. The molecule has 0 heterocycles. The van der Waals surface area contributed by atoms with Crippen LogP contribution in [0.4, 0.5) is 0 Å². The van der Waals surface area contributed by atoms with Gasteiger partial charge in [0.1, 0.15) is 6.61 Å². The molecular weight excluding hydrogens is 186 g/mol. The normalized spacial score (nSPS) is 34.1. The topological polar surface area (TPSA) is 33.0 Å². The summed E-state index contributed by atoms with van der Waals surface area (Å²) in [6, 6.07) is 0. The van der Waals surface area contributed by atoms with Gasteiger partial charge in [0.2, 0.25) is 0 Å². The standard InChI is InChI=1S/C13H21NO/c1-5-11-6-12(2,3)8-13(4,7-11)9-15-10-14/h5,11H,1,6-9H2,2-4H3. The predicted molar refractivity (Wildman–Crippen MR) is 61.0 cm³/mol. The van der Waals surface area contributed by atoms with Crippen molar-refractivity contribution < 1.29 is 4.74 Å². The van der Waals surface area contributed by atoms with Gasteiger partial charge in [-0.05, 0) is 30.6 Å². The lowest BCUT2D eigenvalue weighted by Crippen LogP contribution is -2.37. The maximum absolute atomic E-state index is 8.47. The molecule has 2 nitrogen and oxygen atoms in total. The van der Waals surface area contributed by atoms with E-state index in [4.69, 9.17) is 10.00 Å². The molecule has 1 aliphatic carbocycles. The number of hydrogen-bond donors (Lipinski definition) is 0. The highest BCUT2D eigenvalue weighted by Gasteiger charge is 2.40. The molecule has 0 spiro atoms. The van der Waals surface area contributed by atoms with E-state index in [-0.39, 0.29) is 5.41 Å². The molecule has 0 radical (unpaired) electrons. The zero-order chi connectivity index (χ0) is 11.5. The molecule has 1 fully saturated rings. The molecular formula is C13H21NO. The molecule has 1 saturated carbocycles. The van der Waals surface area contributed by atoms with Gasteiger partial charge < -0.3 is 4.74 Å². The number of hydrogen-bond acceptors (Lipinski definition) is 2. The highest BCUT2D eigenvalue weighted by molar-refractivity contribution is 4.97. The van der Waals surface area contributed by atoms with Crippen molar-refractivity contribution >= 4 is 0 Å². The summed E-state index contributed by atoms with van der Waals surface area (Å²) >= 11 is 0. The van der Waals surface area contributed by atoms with E-state index in [1.165, 1.54) is 6.42 Å². The summed E-state index contributed by atoms with van der Waals surface area (Å²) in [5.74, 6) is 0.557. The van der Waals surface area contributed by atoms with Gasteiger partial charge in [0, 0.05) is 5.41 Å². The quantitative estimate of drug-likeness (QED) is 0.524. The largest absolute Gasteiger partial charge is 0.427 e. The number of ether oxygens (including phenoxy) is 1. The van der Waals surface area contributed by atoms with Gasteiger partial charge in [-0.25, -0.2) is 0 Å². The molecule has 0 aromatic rings. The Morgan fingerprint density at radius 2 is 2.13 bits per heavy atom. The average Bonchev–Trinajstić information content (AvgIpc) is 2.12. The van der Waals surface area contributed by atoms with Gasteiger partial charge in [-0.15, -0.1) is 6.58 Å². The predicted octanol–water partition coefficient (Wildman–Crippen LogP) is 3.50. The minimum absolute atomic E-state index is 0.121. The van der Waals surface area contributed by atoms with E-state index in [2.05, 4.69) is 27.4 Å². The number of nitrogens with zero attached hydrogens (tertiary/aromatic N) is 1. The summed E-state index contributed by atoms with van der Waals surface area (Å²) in [5, 5.41) is 8.47. The highest BCUT2D eigenvalue weighted by Crippen LogP contribution is 2.48. The Labute approximate surface area is 92.9 Å². The number of rotatable bonds is 3. The molecule has 0 aromatic heterocycles. The fourth-order valence-corrected chi connectivity index (χ4v) is 3.20. The van der Waals surface area contributed by atoms with Crippen molar-refractivity contribution in [1.29, 1.82) is 5.26 Å². The highest BCUT2D eigenvalue weighted by atomic mass is 16.5. The van der Waals surface area contributed by atoms with Crippen molar-refractivity contribution in [2.24, 2.45) is 16.7 Å². The van der Waals surface area contributed by atoms with Crippen LogP contribution in [0.3, 0.4) is 0 Å². The van der Waals surface area contributed by atoms with Gasteiger partial charge in [-0.2, -0.15) is 5.26 Å². The summed E-state index contributed by atoms with van der Waals surface area (Å²) in [6.07, 6.45) is 7.22. The molecule has 0 saturated heterocycles. The van der Waals surface area contributed by atoms with E-state index in [9.17, 15) is 0 Å². The van der Waals surface area contributed by atoms with E-state index in [0.717, 1.165) is 12.8 Å². The monoisotopic (exact) mass is 207 g/mol. The Hall–Kier alpha value is -0.970. The molecule has 1 rings (SSSR count). The van der Waals surface area contributed by atoms with Crippen LogP contribution in [0.1, 0.15) is 40.0 Å². The maximum atomic E-state index is 8.47. The zero-order valence-corrected chi connectivity index (χ0v) is 10.0. The molecule has 2 unspecified atom stereocenters. The van der Waals surface area contributed by atoms with E-state index in [1.54, 1.807) is 6.26 Å². The van der Waals surface area contributed by atoms with Gasteiger partial charge in [-0.3, -0.25) is 0 Å². The summed E-state index contributed by atoms with van der Waals surface area (Å²) in [5.41, 5.74) is 0.445. The fraction of sp³-hybridized carbons (Fsp3) is 0.769. The van der Waals surface area contributed by atoms with E-state index in [0.29, 0.717) is 17.9 Å². The Morgan fingerprint density at radius 3 is 2.67 bits per heavy atom.